The molecule has 0 atom stereocenters. The lowest BCUT2D eigenvalue weighted by Gasteiger charge is -2.03. The maximum atomic E-state index is 11.6. The molecule has 130 valence electrons. The third-order valence-corrected chi connectivity index (χ3v) is 4.25. The number of ketones is 2. The van der Waals surface area contributed by atoms with Crippen molar-refractivity contribution in [1.29, 1.82) is 0 Å². The fraction of sp³-hybridized carbons (Fsp3) is 0.900. The number of rotatable bonds is 17. The first-order valence-corrected chi connectivity index (χ1v) is 9.74. The molecule has 0 saturated carbocycles. The van der Waals surface area contributed by atoms with Gasteiger partial charge in [0.25, 0.3) is 0 Å². The fourth-order valence-electron chi connectivity index (χ4n) is 2.81. The Morgan fingerprint density at radius 1 is 0.455 bits per heavy atom. The standard InChI is InChI=1S/C20H38O2/c1-3-5-12-16-20(22)18-14-11-9-7-6-8-10-13-17-19(21)15-4-2/h3-18H2,1-2H3. The largest absolute Gasteiger partial charge is 0.300 e. The van der Waals surface area contributed by atoms with Crippen molar-refractivity contribution in [3.8, 4) is 0 Å². The lowest BCUT2D eigenvalue weighted by molar-refractivity contribution is -0.120. The maximum Gasteiger partial charge on any atom is 0.132 e. The Kier molecular flexibility index (Phi) is 16.2. The van der Waals surface area contributed by atoms with E-state index in [2.05, 4.69) is 13.8 Å². The van der Waals surface area contributed by atoms with Crippen LogP contribution in [0.25, 0.3) is 0 Å². The number of hydrogen-bond donors (Lipinski definition) is 0. The minimum absolute atomic E-state index is 0.436. The molecule has 0 aliphatic heterocycles. The Labute approximate surface area is 138 Å². The first-order valence-electron chi connectivity index (χ1n) is 9.74. The van der Waals surface area contributed by atoms with Gasteiger partial charge in [-0.2, -0.15) is 0 Å². The highest BCUT2D eigenvalue weighted by Crippen LogP contribution is 2.12. The third-order valence-electron chi connectivity index (χ3n) is 4.25. The molecule has 0 aliphatic carbocycles. The van der Waals surface area contributed by atoms with Crippen molar-refractivity contribution < 1.29 is 9.59 Å². The van der Waals surface area contributed by atoms with Gasteiger partial charge in [-0.25, -0.2) is 0 Å². The van der Waals surface area contributed by atoms with Gasteiger partial charge in [-0.3, -0.25) is 9.59 Å². The van der Waals surface area contributed by atoms with E-state index in [4.69, 9.17) is 0 Å². The first kappa shape index (κ1) is 21.3. The zero-order valence-electron chi connectivity index (χ0n) is 15.1. The number of hydrogen-bond acceptors (Lipinski definition) is 2. The van der Waals surface area contributed by atoms with E-state index < -0.39 is 0 Å². The van der Waals surface area contributed by atoms with E-state index in [1.807, 2.05) is 0 Å². The van der Waals surface area contributed by atoms with E-state index in [1.54, 1.807) is 0 Å². The van der Waals surface area contributed by atoms with Crippen LogP contribution in [0.2, 0.25) is 0 Å². The molecule has 2 heteroatoms. The summed E-state index contributed by atoms with van der Waals surface area (Å²) in [7, 11) is 0. The van der Waals surface area contributed by atoms with Crippen LogP contribution in [0.5, 0.6) is 0 Å². The summed E-state index contributed by atoms with van der Waals surface area (Å²) < 4.78 is 0. The molecule has 0 aromatic carbocycles. The van der Waals surface area contributed by atoms with Crippen LogP contribution in [0.3, 0.4) is 0 Å². The van der Waals surface area contributed by atoms with Gasteiger partial charge < -0.3 is 0 Å². The normalized spacial score (nSPS) is 10.8. The molecule has 0 aromatic heterocycles. The predicted molar refractivity (Wildman–Crippen MR) is 95.2 cm³/mol. The molecular formula is C20H38O2. The van der Waals surface area contributed by atoms with Gasteiger partial charge >= 0.3 is 0 Å². The maximum absolute atomic E-state index is 11.6. The molecular weight excluding hydrogens is 272 g/mol. The van der Waals surface area contributed by atoms with Crippen molar-refractivity contribution in [3.63, 3.8) is 0 Å². The number of carbonyl (C=O) groups excluding carboxylic acids is 2. The van der Waals surface area contributed by atoms with Crippen molar-refractivity contribution in [2.24, 2.45) is 0 Å². The molecule has 2 nitrogen and oxygen atoms in total. The predicted octanol–water partition coefficient (Wildman–Crippen LogP) is 6.41. The minimum atomic E-state index is 0.436. The van der Waals surface area contributed by atoms with Crippen LogP contribution < -0.4 is 0 Å². The Balaban J connectivity index is 3.17. The van der Waals surface area contributed by atoms with E-state index in [9.17, 15) is 9.59 Å². The highest BCUT2D eigenvalue weighted by Gasteiger charge is 2.02. The van der Waals surface area contributed by atoms with Crippen LogP contribution in [0.15, 0.2) is 0 Å². The van der Waals surface area contributed by atoms with E-state index >= 15 is 0 Å². The van der Waals surface area contributed by atoms with Gasteiger partial charge in [-0.15, -0.1) is 0 Å². The molecule has 0 bridgehead atoms. The molecule has 0 aliphatic rings. The molecule has 0 spiro atoms. The first-order chi connectivity index (χ1) is 10.7. The van der Waals surface area contributed by atoms with Gasteiger partial charge in [0.1, 0.15) is 11.6 Å². The van der Waals surface area contributed by atoms with Crippen LogP contribution in [-0.4, -0.2) is 11.6 Å². The minimum Gasteiger partial charge on any atom is -0.300 e. The van der Waals surface area contributed by atoms with Crippen molar-refractivity contribution in [2.45, 2.75) is 117 Å². The van der Waals surface area contributed by atoms with E-state index in [0.29, 0.717) is 11.6 Å². The van der Waals surface area contributed by atoms with Crippen LogP contribution in [-0.2, 0) is 9.59 Å². The molecule has 0 N–H and O–H groups in total. The van der Waals surface area contributed by atoms with E-state index in [-0.39, 0.29) is 0 Å². The summed E-state index contributed by atoms with van der Waals surface area (Å²) >= 11 is 0. The molecule has 0 amide bonds. The number of carbonyl (C=O) groups is 2. The lowest BCUT2D eigenvalue weighted by atomic mass is 10.0. The monoisotopic (exact) mass is 310 g/mol. The quantitative estimate of drug-likeness (QED) is 0.291. The zero-order valence-corrected chi connectivity index (χ0v) is 15.1. The van der Waals surface area contributed by atoms with Crippen molar-refractivity contribution in [2.75, 3.05) is 0 Å². The summed E-state index contributed by atoms with van der Waals surface area (Å²) in [6.45, 7) is 4.24. The fourth-order valence-corrected chi connectivity index (χ4v) is 2.81. The Morgan fingerprint density at radius 2 is 0.818 bits per heavy atom. The summed E-state index contributed by atoms with van der Waals surface area (Å²) in [6.07, 6.45) is 17.2. The summed E-state index contributed by atoms with van der Waals surface area (Å²) in [5.41, 5.74) is 0. The molecule has 22 heavy (non-hydrogen) atoms. The summed E-state index contributed by atoms with van der Waals surface area (Å²) in [6, 6.07) is 0. The molecule has 0 unspecified atom stereocenters. The Hall–Kier alpha value is -0.660. The third kappa shape index (κ3) is 15.7. The Bertz CT molecular complexity index is 271. The highest BCUT2D eigenvalue weighted by molar-refractivity contribution is 5.78. The van der Waals surface area contributed by atoms with Crippen LogP contribution in [0.1, 0.15) is 117 Å². The Morgan fingerprint density at radius 3 is 1.23 bits per heavy atom. The second kappa shape index (κ2) is 16.7. The second-order valence-corrected chi connectivity index (χ2v) is 6.61. The van der Waals surface area contributed by atoms with Gasteiger partial charge in [0, 0.05) is 25.7 Å². The summed E-state index contributed by atoms with van der Waals surface area (Å²) in [4.78, 5) is 23.0. The van der Waals surface area contributed by atoms with Gasteiger partial charge in [0.05, 0.1) is 0 Å². The van der Waals surface area contributed by atoms with Gasteiger partial charge in [0.15, 0.2) is 0 Å². The number of Topliss-reactive ketones (excluding diaryl/α,β-unsaturated/α-hetero) is 2. The molecule has 0 rings (SSSR count). The van der Waals surface area contributed by atoms with Crippen molar-refractivity contribution in [1.82, 2.24) is 0 Å². The van der Waals surface area contributed by atoms with Gasteiger partial charge in [-0.05, 0) is 25.7 Å². The topological polar surface area (TPSA) is 34.1 Å². The zero-order chi connectivity index (χ0) is 16.5. The van der Waals surface area contributed by atoms with Gasteiger partial charge in [-0.1, -0.05) is 65.2 Å². The van der Waals surface area contributed by atoms with Crippen LogP contribution in [0.4, 0.5) is 0 Å². The lowest BCUT2D eigenvalue weighted by Crippen LogP contribution is -1.97. The van der Waals surface area contributed by atoms with Crippen LogP contribution >= 0.6 is 0 Å². The van der Waals surface area contributed by atoms with Crippen LogP contribution in [0, 0.1) is 0 Å². The summed E-state index contributed by atoms with van der Waals surface area (Å²) in [5.74, 6) is 0.899. The van der Waals surface area contributed by atoms with Gasteiger partial charge in [0.2, 0.25) is 0 Å². The average molecular weight is 311 g/mol. The SMILES string of the molecule is CCCCCC(=O)CCCCCCCCCCC(=O)CCC. The average Bonchev–Trinajstić information content (AvgIpc) is 2.49. The van der Waals surface area contributed by atoms with E-state index in [1.165, 1.54) is 51.4 Å². The molecule has 0 aromatic rings. The molecule has 0 fully saturated rings. The molecule has 0 heterocycles. The van der Waals surface area contributed by atoms with Crippen molar-refractivity contribution >= 4 is 11.6 Å². The second-order valence-electron chi connectivity index (χ2n) is 6.61. The summed E-state index contributed by atoms with van der Waals surface area (Å²) in [5, 5.41) is 0. The highest BCUT2D eigenvalue weighted by atomic mass is 16.1. The van der Waals surface area contributed by atoms with E-state index in [0.717, 1.165) is 51.4 Å². The molecule has 0 radical (unpaired) electrons. The van der Waals surface area contributed by atoms with Crippen molar-refractivity contribution in [3.05, 3.63) is 0 Å². The molecule has 0 saturated heterocycles. The number of unbranched alkanes of at least 4 members (excludes halogenated alkanes) is 9. The smallest absolute Gasteiger partial charge is 0.132 e.